The van der Waals surface area contributed by atoms with Crippen molar-refractivity contribution < 1.29 is 22.7 Å². The molecular weight excluding hydrogens is 294 g/mol. The van der Waals surface area contributed by atoms with Gasteiger partial charge in [0, 0.05) is 6.54 Å². The molecule has 0 saturated carbocycles. The van der Waals surface area contributed by atoms with Gasteiger partial charge in [-0.3, -0.25) is 0 Å². The third-order valence-corrected chi connectivity index (χ3v) is 2.67. The molecular formula is C9H8BrF4NO. The lowest BCUT2D eigenvalue weighted by Gasteiger charge is -2.14. The van der Waals surface area contributed by atoms with Crippen molar-refractivity contribution in [2.75, 3.05) is 13.6 Å². The van der Waals surface area contributed by atoms with E-state index in [9.17, 15) is 22.7 Å². The number of likely N-dealkylation sites (N-methyl/N-ethyl adjacent to an activating group) is 1. The van der Waals surface area contributed by atoms with Crippen LogP contribution in [-0.2, 0) is 0 Å². The summed E-state index contributed by atoms with van der Waals surface area (Å²) < 4.78 is 51.8. The maximum absolute atomic E-state index is 13.3. The van der Waals surface area contributed by atoms with Crippen molar-refractivity contribution in [1.29, 1.82) is 0 Å². The summed E-state index contributed by atoms with van der Waals surface area (Å²) in [6.45, 7) is -0.228. The summed E-state index contributed by atoms with van der Waals surface area (Å²) >= 11 is 2.38. The molecule has 0 aromatic heterocycles. The first-order valence-corrected chi connectivity index (χ1v) is 5.05. The van der Waals surface area contributed by atoms with Crippen molar-refractivity contribution in [3.05, 3.63) is 33.3 Å². The highest BCUT2D eigenvalue weighted by Crippen LogP contribution is 2.31. The molecule has 90 valence electrons. The monoisotopic (exact) mass is 301 g/mol. The molecule has 2 N–H and O–H groups in total. The van der Waals surface area contributed by atoms with Gasteiger partial charge >= 0.3 is 0 Å². The summed E-state index contributed by atoms with van der Waals surface area (Å²) in [6.07, 6.45) is -1.66. The first kappa shape index (κ1) is 13.4. The van der Waals surface area contributed by atoms with E-state index in [1.165, 1.54) is 7.05 Å². The Morgan fingerprint density at radius 2 is 1.56 bits per heavy atom. The van der Waals surface area contributed by atoms with E-state index in [-0.39, 0.29) is 6.54 Å². The summed E-state index contributed by atoms with van der Waals surface area (Å²) in [7, 11) is 1.42. The molecule has 1 rings (SSSR count). The quantitative estimate of drug-likeness (QED) is 0.510. The Labute approximate surface area is 97.4 Å². The smallest absolute Gasteiger partial charge is 0.176 e. The second-order valence-corrected chi connectivity index (χ2v) is 3.85. The Balaban J connectivity index is 3.39. The fourth-order valence-corrected chi connectivity index (χ4v) is 1.56. The lowest BCUT2D eigenvalue weighted by atomic mass is 10.1. The average molecular weight is 302 g/mol. The molecule has 0 aliphatic heterocycles. The highest BCUT2D eigenvalue weighted by Gasteiger charge is 2.27. The first-order valence-electron chi connectivity index (χ1n) is 4.25. The zero-order valence-corrected chi connectivity index (χ0v) is 9.71. The van der Waals surface area contributed by atoms with Crippen molar-refractivity contribution in [3.63, 3.8) is 0 Å². The third-order valence-electron chi connectivity index (χ3n) is 1.97. The number of benzene rings is 1. The highest BCUT2D eigenvalue weighted by atomic mass is 79.9. The van der Waals surface area contributed by atoms with Crippen molar-refractivity contribution in [2.45, 2.75) is 6.10 Å². The largest absolute Gasteiger partial charge is 0.387 e. The van der Waals surface area contributed by atoms with Gasteiger partial charge in [-0.05, 0) is 23.0 Å². The van der Waals surface area contributed by atoms with Crippen LogP contribution in [0.25, 0.3) is 0 Å². The zero-order chi connectivity index (χ0) is 12.5. The van der Waals surface area contributed by atoms with Gasteiger partial charge in [0.2, 0.25) is 0 Å². The second kappa shape index (κ2) is 5.11. The maximum atomic E-state index is 13.3. The molecule has 16 heavy (non-hydrogen) atoms. The minimum atomic E-state index is -1.66. The van der Waals surface area contributed by atoms with E-state index in [1.807, 2.05) is 0 Å². The molecule has 0 amide bonds. The van der Waals surface area contributed by atoms with E-state index in [4.69, 9.17) is 0 Å². The number of rotatable bonds is 3. The van der Waals surface area contributed by atoms with Crippen LogP contribution in [0.1, 0.15) is 11.7 Å². The number of nitrogens with one attached hydrogen (secondary N) is 1. The number of hydrogen-bond acceptors (Lipinski definition) is 2. The van der Waals surface area contributed by atoms with E-state index in [0.717, 1.165) is 0 Å². The van der Waals surface area contributed by atoms with Crippen LogP contribution in [0.4, 0.5) is 17.6 Å². The molecule has 0 aliphatic rings. The summed E-state index contributed by atoms with van der Waals surface area (Å²) in [5, 5.41) is 11.8. The molecule has 1 aromatic rings. The van der Waals surface area contributed by atoms with Gasteiger partial charge in [0.1, 0.15) is 0 Å². The van der Waals surface area contributed by atoms with Gasteiger partial charge in [0.15, 0.2) is 23.3 Å². The Kier molecular flexibility index (Phi) is 4.28. The third kappa shape index (κ3) is 2.21. The van der Waals surface area contributed by atoms with Gasteiger partial charge in [-0.25, -0.2) is 17.6 Å². The Morgan fingerprint density at radius 1 is 1.12 bits per heavy atom. The van der Waals surface area contributed by atoms with Gasteiger partial charge in [-0.2, -0.15) is 0 Å². The molecule has 1 aromatic carbocycles. The minimum Gasteiger partial charge on any atom is -0.387 e. The summed E-state index contributed by atoms with van der Waals surface area (Å²) in [4.78, 5) is 0. The van der Waals surface area contributed by atoms with Crippen LogP contribution < -0.4 is 5.32 Å². The molecule has 2 nitrogen and oxygen atoms in total. The molecule has 0 saturated heterocycles. The molecule has 0 fully saturated rings. The van der Waals surface area contributed by atoms with Crippen LogP contribution in [0.15, 0.2) is 4.47 Å². The lowest BCUT2D eigenvalue weighted by molar-refractivity contribution is 0.164. The van der Waals surface area contributed by atoms with E-state index >= 15 is 0 Å². The molecule has 0 radical (unpaired) electrons. The Hall–Kier alpha value is -0.660. The highest BCUT2D eigenvalue weighted by molar-refractivity contribution is 9.10. The predicted molar refractivity (Wildman–Crippen MR) is 52.9 cm³/mol. The molecule has 0 aliphatic carbocycles. The van der Waals surface area contributed by atoms with E-state index in [2.05, 4.69) is 21.2 Å². The molecule has 7 heteroatoms. The molecule has 0 spiro atoms. The number of aliphatic hydroxyl groups excluding tert-OH is 1. The molecule has 0 bridgehead atoms. The second-order valence-electron chi connectivity index (χ2n) is 3.06. The Morgan fingerprint density at radius 3 is 1.94 bits per heavy atom. The molecule has 0 heterocycles. The Bertz CT molecular complexity index is 384. The van der Waals surface area contributed by atoms with E-state index < -0.39 is 39.4 Å². The molecule has 1 unspecified atom stereocenters. The van der Waals surface area contributed by atoms with Crippen LogP contribution in [0, 0.1) is 23.3 Å². The lowest BCUT2D eigenvalue weighted by Crippen LogP contribution is -2.20. The van der Waals surface area contributed by atoms with Gasteiger partial charge < -0.3 is 10.4 Å². The fourth-order valence-electron chi connectivity index (χ4n) is 1.21. The number of aliphatic hydroxyl groups is 1. The normalized spacial score (nSPS) is 12.9. The van der Waals surface area contributed by atoms with E-state index in [0.29, 0.717) is 0 Å². The van der Waals surface area contributed by atoms with Gasteiger partial charge in [0.05, 0.1) is 16.1 Å². The van der Waals surface area contributed by atoms with Crippen LogP contribution in [-0.4, -0.2) is 18.7 Å². The van der Waals surface area contributed by atoms with Crippen LogP contribution in [0.2, 0.25) is 0 Å². The van der Waals surface area contributed by atoms with Crippen LogP contribution in [0.5, 0.6) is 0 Å². The maximum Gasteiger partial charge on any atom is 0.176 e. The topological polar surface area (TPSA) is 32.3 Å². The summed E-state index contributed by atoms with van der Waals surface area (Å²) in [6, 6.07) is 0. The minimum absolute atomic E-state index is 0.228. The SMILES string of the molecule is CNCC(O)c1c(F)c(F)c(Br)c(F)c1F. The summed E-state index contributed by atoms with van der Waals surface area (Å²) in [5.41, 5.74) is -1.02. The number of halogens is 5. The van der Waals surface area contributed by atoms with Crippen LogP contribution >= 0.6 is 15.9 Å². The van der Waals surface area contributed by atoms with Gasteiger partial charge in [-0.1, -0.05) is 0 Å². The first-order chi connectivity index (χ1) is 7.41. The van der Waals surface area contributed by atoms with Crippen molar-refractivity contribution >= 4 is 15.9 Å². The fraction of sp³-hybridized carbons (Fsp3) is 0.333. The van der Waals surface area contributed by atoms with Gasteiger partial charge in [0.25, 0.3) is 0 Å². The standard InChI is InChI=1S/C9H8BrF4NO/c1-15-2-3(16)4-6(11)8(13)5(10)9(14)7(4)12/h3,15-16H,2H2,1H3. The number of hydrogen-bond donors (Lipinski definition) is 2. The van der Waals surface area contributed by atoms with Crippen molar-refractivity contribution in [2.24, 2.45) is 0 Å². The van der Waals surface area contributed by atoms with E-state index in [1.54, 1.807) is 0 Å². The summed E-state index contributed by atoms with van der Waals surface area (Å²) in [5.74, 6) is -6.34. The van der Waals surface area contributed by atoms with Crippen molar-refractivity contribution in [3.8, 4) is 0 Å². The molecule has 1 atom stereocenters. The van der Waals surface area contributed by atoms with Crippen molar-refractivity contribution in [1.82, 2.24) is 5.32 Å². The van der Waals surface area contributed by atoms with Crippen LogP contribution in [0.3, 0.4) is 0 Å². The average Bonchev–Trinajstić information content (AvgIpc) is 2.24. The predicted octanol–water partition coefficient (Wildman–Crippen LogP) is 2.26. The zero-order valence-electron chi connectivity index (χ0n) is 8.12. The van der Waals surface area contributed by atoms with Gasteiger partial charge in [-0.15, -0.1) is 0 Å².